The van der Waals surface area contributed by atoms with Crippen LogP contribution < -0.4 is 10.6 Å². The number of likely N-dealkylation sites (tertiary alicyclic amines) is 1. The summed E-state index contributed by atoms with van der Waals surface area (Å²) in [6.45, 7) is 6.08. The Morgan fingerprint density at radius 1 is 1.24 bits per heavy atom. The molecule has 0 aromatic heterocycles. The van der Waals surface area contributed by atoms with Crippen LogP contribution >= 0.6 is 0 Å². The van der Waals surface area contributed by atoms with Gasteiger partial charge in [0.1, 0.15) is 5.54 Å². The van der Waals surface area contributed by atoms with Gasteiger partial charge in [-0.15, -0.1) is 0 Å². The Morgan fingerprint density at radius 2 is 1.97 bits per heavy atom. The Balaban J connectivity index is 1.84. The monoisotopic (exact) mass is 401 g/mol. The zero-order chi connectivity index (χ0) is 21.1. The fourth-order valence-corrected chi connectivity index (χ4v) is 5.25. The third kappa shape index (κ3) is 2.66. The fourth-order valence-electron chi connectivity index (χ4n) is 5.25. The second-order valence-electron chi connectivity index (χ2n) is 8.36. The summed E-state index contributed by atoms with van der Waals surface area (Å²) in [5, 5.41) is 16.5. The first-order valence-corrected chi connectivity index (χ1v) is 9.97. The fraction of sp³-hybridized carbons (Fsp3) is 0.571. The van der Waals surface area contributed by atoms with Crippen molar-refractivity contribution >= 4 is 23.4 Å². The topological polar surface area (TPSA) is 108 Å². The molecule has 4 rings (SSSR count). The predicted molar refractivity (Wildman–Crippen MR) is 105 cm³/mol. The molecule has 0 aliphatic carbocycles. The molecule has 1 aromatic rings. The highest BCUT2D eigenvalue weighted by Gasteiger charge is 2.71. The van der Waals surface area contributed by atoms with Crippen molar-refractivity contribution in [3.8, 4) is 0 Å². The molecule has 2 fully saturated rings. The van der Waals surface area contributed by atoms with Crippen LogP contribution in [-0.2, 0) is 24.7 Å². The normalized spacial score (nSPS) is 31.4. The van der Waals surface area contributed by atoms with Crippen molar-refractivity contribution in [1.82, 2.24) is 10.2 Å². The van der Waals surface area contributed by atoms with Crippen molar-refractivity contribution < 1.29 is 24.2 Å². The molecule has 3 amide bonds. The molecule has 0 saturated carbocycles. The van der Waals surface area contributed by atoms with E-state index < -0.39 is 29.5 Å². The SMILES string of the molecule is COCCCN1C(=O)[C@@H]2[C@H]([C@@H](C)O)N[C@@]3(C(=O)Nc4c(C)cc(C)cc43)[C@@H]2C1=O. The van der Waals surface area contributed by atoms with Gasteiger partial charge in [-0.05, 0) is 32.8 Å². The van der Waals surface area contributed by atoms with E-state index in [0.717, 1.165) is 11.1 Å². The number of aryl methyl sites for hydroxylation is 2. The average molecular weight is 401 g/mol. The lowest BCUT2D eigenvalue weighted by Crippen LogP contribution is -2.54. The second-order valence-corrected chi connectivity index (χ2v) is 8.36. The van der Waals surface area contributed by atoms with Crippen LogP contribution in [-0.4, -0.2) is 60.1 Å². The zero-order valence-corrected chi connectivity index (χ0v) is 17.1. The summed E-state index contributed by atoms with van der Waals surface area (Å²) in [5.74, 6) is -2.73. The minimum Gasteiger partial charge on any atom is -0.392 e. The second kappa shape index (κ2) is 6.90. The van der Waals surface area contributed by atoms with Crippen molar-refractivity contribution in [2.24, 2.45) is 11.8 Å². The standard InChI is InChI=1S/C21H27N3O5/c1-10-8-11(2)16-13(9-10)21(20(28)22-16)15-14(17(23-21)12(3)25)18(26)24(19(15)27)6-5-7-29-4/h8-9,12,14-15,17,23,25H,5-7H2,1-4H3,(H,22,28)/t12-,14+,15+,17+,21-/m1/s1. The number of ether oxygens (including phenoxy) is 1. The van der Waals surface area contributed by atoms with Crippen molar-refractivity contribution in [1.29, 1.82) is 0 Å². The van der Waals surface area contributed by atoms with Gasteiger partial charge in [0.2, 0.25) is 17.7 Å². The van der Waals surface area contributed by atoms with Gasteiger partial charge in [-0.2, -0.15) is 0 Å². The molecule has 3 aliphatic rings. The number of aliphatic hydroxyl groups is 1. The lowest BCUT2D eigenvalue weighted by Gasteiger charge is -2.30. The molecule has 1 spiro atoms. The number of nitrogens with one attached hydrogen (secondary N) is 2. The molecule has 29 heavy (non-hydrogen) atoms. The van der Waals surface area contributed by atoms with Crippen LogP contribution in [0.2, 0.25) is 0 Å². The van der Waals surface area contributed by atoms with Crippen molar-refractivity contribution in [3.63, 3.8) is 0 Å². The van der Waals surface area contributed by atoms with Crippen LogP contribution in [0.1, 0.15) is 30.0 Å². The summed E-state index contributed by atoms with van der Waals surface area (Å²) in [7, 11) is 1.56. The predicted octanol–water partition coefficient (Wildman–Crippen LogP) is 0.441. The van der Waals surface area contributed by atoms with Crippen LogP contribution in [0.3, 0.4) is 0 Å². The van der Waals surface area contributed by atoms with Gasteiger partial charge in [0.15, 0.2) is 0 Å². The molecule has 1 aromatic carbocycles. The zero-order valence-electron chi connectivity index (χ0n) is 17.1. The Morgan fingerprint density at radius 3 is 2.62 bits per heavy atom. The number of nitrogens with zero attached hydrogens (tertiary/aromatic N) is 1. The number of fused-ring (bicyclic) bond motifs is 4. The van der Waals surface area contributed by atoms with E-state index in [0.29, 0.717) is 24.3 Å². The molecule has 0 bridgehead atoms. The highest BCUT2D eigenvalue weighted by molar-refractivity contribution is 6.15. The van der Waals surface area contributed by atoms with Gasteiger partial charge in [-0.25, -0.2) is 0 Å². The van der Waals surface area contributed by atoms with Crippen LogP contribution in [0.5, 0.6) is 0 Å². The number of aliphatic hydroxyl groups excluding tert-OH is 1. The number of methoxy groups -OCH3 is 1. The van der Waals surface area contributed by atoms with Gasteiger partial charge < -0.3 is 15.2 Å². The number of hydrogen-bond acceptors (Lipinski definition) is 6. The first kappa shape index (κ1) is 20.0. The number of rotatable bonds is 5. The molecule has 2 saturated heterocycles. The lowest BCUT2D eigenvalue weighted by atomic mass is 9.75. The van der Waals surface area contributed by atoms with Crippen LogP contribution in [0.15, 0.2) is 12.1 Å². The minimum absolute atomic E-state index is 0.239. The van der Waals surface area contributed by atoms with E-state index in [2.05, 4.69) is 10.6 Å². The van der Waals surface area contributed by atoms with Gasteiger partial charge in [-0.1, -0.05) is 17.7 Å². The molecule has 3 N–H and O–H groups in total. The Hall–Kier alpha value is -2.29. The molecule has 0 unspecified atom stereocenters. The largest absolute Gasteiger partial charge is 0.392 e. The van der Waals surface area contributed by atoms with E-state index in [1.807, 2.05) is 26.0 Å². The number of carbonyl (C=O) groups is 3. The number of benzene rings is 1. The first-order valence-electron chi connectivity index (χ1n) is 9.97. The highest BCUT2D eigenvalue weighted by Crippen LogP contribution is 2.54. The van der Waals surface area contributed by atoms with E-state index in [4.69, 9.17) is 4.74 Å². The average Bonchev–Trinajstić information content (AvgIpc) is 3.24. The maximum absolute atomic E-state index is 13.4. The maximum Gasteiger partial charge on any atom is 0.250 e. The molecule has 8 nitrogen and oxygen atoms in total. The van der Waals surface area contributed by atoms with E-state index in [1.165, 1.54) is 4.90 Å². The summed E-state index contributed by atoms with van der Waals surface area (Å²) >= 11 is 0. The molecule has 0 radical (unpaired) electrons. The summed E-state index contributed by atoms with van der Waals surface area (Å²) < 4.78 is 5.04. The van der Waals surface area contributed by atoms with E-state index in [9.17, 15) is 19.5 Å². The number of hydrogen-bond donors (Lipinski definition) is 3. The molecular formula is C21H27N3O5. The van der Waals surface area contributed by atoms with E-state index in [-0.39, 0.29) is 24.3 Å². The number of carbonyl (C=O) groups excluding carboxylic acids is 3. The Bertz CT molecular complexity index is 899. The molecule has 3 aliphatic heterocycles. The number of anilines is 1. The van der Waals surface area contributed by atoms with Gasteiger partial charge in [0.25, 0.3) is 0 Å². The molecule has 5 atom stereocenters. The van der Waals surface area contributed by atoms with Gasteiger partial charge in [-0.3, -0.25) is 24.6 Å². The summed E-state index contributed by atoms with van der Waals surface area (Å²) in [4.78, 5) is 41.1. The molecule has 3 heterocycles. The van der Waals surface area contributed by atoms with Crippen LogP contribution in [0.4, 0.5) is 5.69 Å². The molecule has 156 valence electrons. The van der Waals surface area contributed by atoms with Crippen molar-refractivity contribution in [2.45, 2.75) is 44.9 Å². The molecule has 8 heteroatoms. The van der Waals surface area contributed by atoms with E-state index >= 15 is 0 Å². The maximum atomic E-state index is 13.4. The van der Waals surface area contributed by atoms with Gasteiger partial charge in [0.05, 0.1) is 17.9 Å². The highest BCUT2D eigenvalue weighted by atomic mass is 16.5. The Labute approximate surface area is 169 Å². The smallest absolute Gasteiger partial charge is 0.250 e. The third-order valence-corrected chi connectivity index (χ3v) is 6.44. The molecular weight excluding hydrogens is 374 g/mol. The van der Waals surface area contributed by atoms with Crippen molar-refractivity contribution in [3.05, 3.63) is 28.8 Å². The summed E-state index contributed by atoms with van der Waals surface area (Å²) in [6.07, 6.45) is -0.380. The van der Waals surface area contributed by atoms with E-state index in [1.54, 1.807) is 14.0 Å². The number of imide groups is 1. The quantitative estimate of drug-likeness (QED) is 0.488. The number of amides is 3. The third-order valence-electron chi connectivity index (χ3n) is 6.44. The van der Waals surface area contributed by atoms with Crippen molar-refractivity contribution in [2.75, 3.05) is 25.6 Å². The summed E-state index contributed by atoms with van der Waals surface area (Å²) in [6, 6.07) is 3.16. The van der Waals surface area contributed by atoms with Crippen LogP contribution in [0.25, 0.3) is 0 Å². The lowest BCUT2D eigenvalue weighted by molar-refractivity contribution is -0.143. The van der Waals surface area contributed by atoms with Crippen LogP contribution in [0, 0.1) is 25.7 Å². The first-order chi connectivity index (χ1) is 13.7. The van der Waals surface area contributed by atoms with Gasteiger partial charge >= 0.3 is 0 Å². The minimum atomic E-state index is -1.36. The summed E-state index contributed by atoms with van der Waals surface area (Å²) in [5.41, 5.74) is 1.86. The van der Waals surface area contributed by atoms with Gasteiger partial charge in [0, 0.05) is 37.6 Å². The Kier molecular flexibility index (Phi) is 4.76.